The first-order valence-corrected chi connectivity index (χ1v) is 19.7. The second kappa shape index (κ2) is 14.1. The van der Waals surface area contributed by atoms with Crippen LogP contribution >= 0.6 is 0 Å². The Bertz CT molecular complexity index is 2710. The normalized spacial score (nSPS) is 13.8. The van der Waals surface area contributed by atoms with Gasteiger partial charge in [-0.2, -0.15) is 5.26 Å². The minimum Gasteiger partial charge on any atom is -0.228 e. The highest BCUT2D eigenvalue weighted by atomic mass is 14.9. The van der Waals surface area contributed by atoms with Gasteiger partial charge in [0.05, 0.1) is 23.0 Å². The molecule has 2 aliphatic rings. The van der Waals surface area contributed by atoms with Crippen molar-refractivity contribution in [2.24, 2.45) is 0 Å². The predicted octanol–water partition coefficient (Wildman–Crippen LogP) is 13.6. The monoisotopic (exact) mass is 717 g/mol. The Kier molecular flexibility index (Phi) is 8.46. The van der Waals surface area contributed by atoms with Crippen LogP contribution in [0.4, 0.5) is 0 Å². The van der Waals surface area contributed by atoms with Crippen LogP contribution in [0, 0.1) is 11.3 Å². The molecule has 0 radical (unpaired) electrons. The first kappa shape index (κ1) is 33.7. The maximum absolute atomic E-state index is 9.82. The van der Waals surface area contributed by atoms with Crippen LogP contribution in [0.2, 0.25) is 0 Å². The number of nitriles is 1. The molecule has 2 aliphatic carbocycles. The minimum atomic E-state index is -0.00163. The third-order valence-electron chi connectivity index (χ3n) is 11.9. The predicted molar refractivity (Wildman–Crippen MR) is 229 cm³/mol. The zero-order valence-corrected chi connectivity index (χ0v) is 31.1. The average molecular weight is 718 g/mol. The molecule has 3 heteroatoms. The molecule has 0 aliphatic heterocycles. The maximum Gasteiger partial charge on any atom is 0.160 e. The van der Waals surface area contributed by atoms with E-state index in [0.717, 1.165) is 57.6 Å². The van der Waals surface area contributed by atoms with Gasteiger partial charge in [0.15, 0.2) is 5.82 Å². The first-order chi connectivity index (χ1) is 27.7. The van der Waals surface area contributed by atoms with Crippen LogP contribution in [0.25, 0.3) is 78.4 Å². The van der Waals surface area contributed by atoms with E-state index in [1.165, 1.54) is 63.8 Å². The van der Waals surface area contributed by atoms with E-state index in [-0.39, 0.29) is 5.41 Å². The van der Waals surface area contributed by atoms with Crippen LogP contribution in [-0.2, 0) is 5.41 Å². The van der Waals surface area contributed by atoms with Gasteiger partial charge in [-0.1, -0.05) is 165 Å². The maximum atomic E-state index is 9.82. The van der Waals surface area contributed by atoms with E-state index in [1.54, 1.807) is 0 Å². The topological polar surface area (TPSA) is 49.6 Å². The number of benzene rings is 7. The van der Waals surface area contributed by atoms with E-state index in [1.807, 2.05) is 42.5 Å². The molecule has 1 saturated carbocycles. The van der Waals surface area contributed by atoms with Gasteiger partial charge < -0.3 is 0 Å². The molecule has 1 aromatic heterocycles. The van der Waals surface area contributed by atoms with E-state index >= 15 is 0 Å². The van der Waals surface area contributed by atoms with Crippen molar-refractivity contribution in [3.8, 4) is 84.5 Å². The fourth-order valence-corrected chi connectivity index (χ4v) is 9.20. The molecule has 0 amide bonds. The Hall–Kier alpha value is -6.89. The molecule has 10 rings (SSSR count). The van der Waals surface area contributed by atoms with E-state index in [9.17, 15) is 5.26 Å². The van der Waals surface area contributed by atoms with Crippen molar-refractivity contribution in [3.63, 3.8) is 0 Å². The molecule has 1 fully saturated rings. The van der Waals surface area contributed by atoms with Crippen molar-refractivity contribution in [1.29, 1.82) is 5.26 Å². The molecule has 0 unspecified atom stereocenters. The molecular formula is C53H39N3. The molecule has 0 saturated heterocycles. The average Bonchev–Trinajstić information content (AvgIpc) is 3.55. The van der Waals surface area contributed by atoms with E-state index in [2.05, 4.69) is 140 Å². The zero-order chi connectivity index (χ0) is 37.5. The summed E-state index contributed by atoms with van der Waals surface area (Å²) in [5, 5.41) is 9.82. The molecule has 56 heavy (non-hydrogen) atoms. The molecule has 7 aromatic carbocycles. The van der Waals surface area contributed by atoms with Crippen molar-refractivity contribution in [2.45, 2.75) is 37.5 Å². The molecule has 0 N–H and O–H groups in total. The summed E-state index contributed by atoms with van der Waals surface area (Å²) in [5.74, 6) is 0.713. The van der Waals surface area contributed by atoms with Gasteiger partial charge in [-0.25, -0.2) is 9.97 Å². The van der Waals surface area contributed by atoms with Gasteiger partial charge in [-0.05, 0) is 98.8 Å². The number of hydrogen-bond donors (Lipinski definition) is 0. The van der Waals surface area contributed by atoms with E-state index in [0.29, 0.717) is 5.82 Å². The number of aromatic nitrogens is 2. The van der Waals surface area contributed by atoms with Gasteiger partial charge in [0.25, 0.3) is 0 Å². The molecule has 1 heterocycles. The van der Waals surface area contributed by atoms with Crippen LogP contribution < -0.4 is 0 Å². The van der Waals surface area contributed by atoms with Crippen molar-refractivity contribution >= 4 is 0 Å². The summed E-state index contributed by atoms with van der Waals surface area (Å²) < 4.78 is 0. The highest BCUT2D eigenvalue weighted by molar-refractivity contribution is 5.94. The standard InChI is InChI=1S/C53H39N3/c54-35-36-23-28-46-48(31-36)53(29-8-3-9-30-53)47-22-12-21-45(51(46)47)43-19-10-17-41(32-43)37-24-26-38(27-25-37)42-18-11-20-44(33-42)50-34-49(39-13-4-1-5-14-39)55-52(56-50)40-15-6-2-7-16-40/h1-2,4-7,10-28,31-34H,3,8-9,29-30H2. The molecule has 0 bridgehead atoms. The highest BCUT2D eigenvalue weighted by Gasteiger charge is 2.44. The van der Waals surface area contributed by atoms with Gasteiger partial charge in [0.1, 0.15) is 0 Å². The second-order valence-corrected chi connectivity index (χ2v) is 15.2. The third-order valence-corrected chi connectivity index (χ3v) is 11.9. The highest BCUT2D eigenvalue weighted by Crippen LogP contribution is 2.58. The Morgan fingerprint density at radius 3 is 1.66 bits per heavy atom. The smallest absolute Gasteiger partial charge is 0.160 e. The number of nitrogens with zero attached hydrogens (tertiary/aromatic N) is 3. The van der Waals surface area contributed by atoms with Gasteiger partial charge >= 0.3 is 0 Å². The Balaban J connectivity index is 0.983. The van der Waals surface area contributed by atoms with Crippen molar-refractivity contribution in [3.05, 3.63) is 193 Å². The summed E-state index contributed by atoms with van der Waals surface area (Å²) in [6.45, 7) is 0. The molecule has 1 spiro atoms. The van der Waals surface area contributed by atoms with Crippen LogP contribution in [0.1, 0.15) is 48.8 Å². The van der Waals surface area contributed by atoms with E-state index in [4.69, 9.17) is 9.97 Å². The van der Waals surface area contributed by atoms with Crippen LogP contribution in [0.5, 0.6) is 0 Å². The minimum absolute atomic E-state index is 0.00163. The summed E-state index contributed by atoms with van der Waals surface area (Å²) >= 11 is 0. The Morgan fingerprint density at radius 1 is 0.411 bits per heavy atom. The second-order valence-electron chi connectivity index (χ2n) is 15.2. The van der Waals surface area contributed by atoms with Crippen LogP contribution in [0.3, 0.4) is 0 Å². The number of hydrogen-bond acceptors (Lipinski definition) is 3. The van der Waals surface area contributed by atoms with Gasteiger partial charge in [-0.3, -0.25) is 0 Å². The zero-order valence-electron chi connectivity index (χ0n) is 31.1. The summed E-state index contributed by atoms with van der Waals surface area (Å²) in [5.41, 5.74) is 18.2. The van der Waals surface area contributed by atoms with Crippen molar-refractivity contribution < 1.29 is 0 Å². The van der Waals surface area contributed by atoms with Crippen LogP contribution in [0.15, 0.2) is 176 Å². The van der Waals surface area contributed by atoms with Gasteiger partial charge in [-0.15, -0.1) is 0 Å². The summed E-state index contributed by atoms with van der Waals surface area (Å²) in [6, 6.07) is 64.8. The molecule has 3 nitrogen and oxygen atoms in total. The molecule has 8 aromatic rings. The van der Waals surface area contributed by atoms with Gasteiger partial charge in [0.2, 0.25) is 0 Å². The summed E-state index contributed by atoms with van der Waals surface area (Å²) in [6.07, 6.45) is 6.01. The summed E-state index contributed by atoms with van der Waals surface area (Å²) in [7, 11) is 0. The lowest BCUT2D eigenvalue weighted by Gasteiger charge is -2.36. The van der Waals surface area contributed by atoms with E-state index < -0.39 is 0 Å². The molecule has 266 valence electrons. The fourth-order valence-electron chi connectivity index (χ4n) is 9.20. The SMILES string of the molecule is N#Cc1ccc2c(c1)C1(CCCCC1)c1cccc(-c3cccc(-c4ccc(-c5cccc(-c6cc(-c7ccccc7)nc(-c7ccccc7)n6)c5)cc4)c3)c1-2. The quantitative estimate of drug-likeness (QED) is 0.172. The van der Waals surface area contributed by atoms with Crippen molar-refractivity contribution in [1.82, 2.24) is 9.97 Å². The van der Waals surface area contributed by atoms with Crippen molar-refractivity contribution in [2.75, 3.05) is 0 Å². The lowest BCUT2D eigenvalue weighted by molar-refractivity contribution is 0.353. The van der Waals surface area contributed by atoms with Gasteiger partial charge in [0, 0.05) is 22.1 Å². The Labute approximate surface area is 328 Å². The molecular weight excluding hydrogens is 679 g/mol. The van der Waals surface area contributed by atoms with Crippen LogP contribution in [-0.4, -0.2) is 9.97 Å². The fraction of sp³-hybridized carbons (Fsp3) is 0.113. The Morgan fingerprint density at radius 2 is 0.982 bits per heavy atom. The first-order valence-electron chi connectivity index (χ1n) is 19.7. The third kappa shape index (κ3) is 5.92. The molecule has 0 atom stereocenters. The largest absolute Gasteiger partial charge is 0.228 e. The summed E-state index contributed by atoms with van der Waals surface area (Å²) in [4.78, 5) is 10.0. The number of rotatable bonds is 6. The number of fused-ring (bicyclic) bond motifs is 5. The lowest BCUT2D eigenvalue weighted by atomic mass is 9.67. The lowest BCUT2D eigenvalue weighted by Crippen LogP contribution is -2.28.